The fourth-order valence-electron chi connectivity index (χ4n) is 4.30. The van der Waals surface area contributed by atoms with E-state index in [1.807, 2.05) is 28.6 Å². The van der Waals surface area contributed by atoms with Gasteiger partial charge in [-0.1, -0.05) is 31.9 Å². The van der Waals surface area contributed by atoms with Crippen LogP contribution < -0.4 is 0 Å². The van der Waals surface area contributed by atoms with Crippen molar-refractivity contribution in [3.63, 3.8) is 0 Å². The highest BCUT2D eigenvalue weighted by Crippen LogP contribution is 2.37. The third kappa shape index (κ3) is 4.89. The molecule has 2 fully saturated rings. The average Bonchev–Trinajstić information content (AvgIpc) is 3.52. The van der Waals surface area contributed by atoms with Gasteiger partial charge in [0, 0.05) is 24.3 Å². The topological polar surface area (TPSA) is 47.4 Å². The van der Waals surface area contributed by atoms with Crippen LogP contribution >= 0.6 is 0 Å². The van der Waals surface area contributed by atoms with Gasteiger partial charge < -0.3 is 9.64 Å². The van der Waals surface area contributed by atoms with Gasteiger partial charge >= 0.3 is 0 Å². The first-order valence-electron chi connectivity index (χ1n) is 11.1. The van der Waals surface area contributed by atoms with Crippen LogP contribution in [0, 0.1) is 19.8 Å². The summed E-state index contributed by atoms with van der Waals surface area (Å²) in [6.45, 7) is 8.47. The van der Waals surface area contributed by atoms with Crippen molar-refractivity contribution in [2.45, 2.75) is 71.6 Å². The Kier molecular flexibility index (Phi) is 6.04. The van der Waals surface area contributed by atoms with E-state index >= 15 is 0 Å². The summed E-state index contributed by atoms with van der Waals surface area (Å²) in [6.07, 6.45) is 6.26. The Morgan fingerprint density at radius 3 is 2.55 bits per heavy atom. The number of amides is 1. The minimum atomic E-state index is 0.137. The lowest BCUT2D eigenvalue weighted by molar-refractivity contribution is -0.0874. The zero-order valence-electron chi connectivity index (χ0n) is 17.9. The van der Waals surface area contributed by atoms with E-state index in [0.29, 0.717) is 5.92 Å². The highest BCUT2D eigenvalue weighted by molar-refractivity contribution is 5.94. The molecule has 0 unspecified atom stereocenters. The number of carbonyl (C=O) groups excluding carboxylic acids is 1. The van der Waals surface area contributed by atoms with Gasteiger partial charge in [0.2, 0.25) is 0 Å². The van der Waals surface area contributed by atoms with Crippen LogP contribution in [-0.4, -0.2) is 45.9 Å². The molecule has 2 heterocycles. The second-order valence-electron chi connectivity index (χ2n) is 8.77. The molecule has 1 aromatic heterocycles. The summed E-state index contributed by atoms with van der Waals surface area (Å²) >= 11 is 0. The van der Waals surface area contributed by atoms with Crippen molar-refractivity contribution in [3.8, 4) is 0 Å². The van der Waals surface area contributed by atoms with Crippen molar-refractivity contribution in [1.29, 1.82) is 0 Å². The van der Waals surface area contributed by atoms with Gasteiger partial charge in [0.25, 0.3) is 5.91 Å². The first kappa shape index (κ1) is 20.1. The Hall–Kier alpha value is -2.14. The molecule has 1 aromatic carbocycles. The summed E-state index contributed by atoms with van der Waals surface area (Å²) < 4.78 is 8.33. The second-order valence-corrected chi connectivity index (χ2v) is 8.77. The van der Waals surface area contributed by atoms with Crippen LogP contribution in [0.15, 0.2) is 30.3 Å². The standard InChI is InChI=1S/C24H33N3O2/c1-4-5-6-22-15-26(16-23(29-22)20-11-12-20)24(28)21-9-7-19(8-10-21)14-27-18(3)13-17(2)25-27/h7-10,13,20,22-23H,4-6,11-12,14-16H2,1-3H3/t22-,23-/m1/s1. The molecular formula is C24H33N3O2. The molecule has 1 saturated heterocycles. The van der Waals surface area contributed by atoms with Crippen LogP contribution in [-0.2, 0) is 11.3 Å². The maximum atomic E-state index is 13.2. The maximum Gasteiger partial charge on any atom is 0.254 e. The van der Waals surface area contributed by atoms with Gasteiger partial charge in [0.15, 0.2) is 0 Å². The molecule has 156 valence electrons. The first-order valence-corrected chi connectivity index (χ1v) is 11.1. The lowest BCUT2D eigenvalue weighted by Crippen LogP contribution is -2.50. The van der Waals surface area contributed by atoms with E-state index in [0.717, 1.165) is 55.0 Å². The van der Waals surface area contributed by atoms with E-state index in [-0.39, 0.29) is 18.1 Å². The highest BCUT2D eigenvalue weighted by atomic mass is 16.5. The Labute approximate surface area is 174 Å². The number of nitrogens with zero attached hydrogens (tertiary/aromatic N) is 3. The molecule has 29 heavy (non-hydrogen) atoms. The van der Waals surface area contributed by atoms with Gasteiger partial charge in [-0.2, -0.15) is 5.10 Å². The van der Waals surface area contributed by atoms with Crippen molar-refractivity contribution in [2.75, 3.05) is 13.1 Å². The molecule has 0 spiro atoms. The summed E-state index contributed by atoms with van der Waals surface area (Å²) in [5.41, 5.74) is 4.11. The lowest BCUT2D eigenvalue weighted by Gasteiger charge is -2.38. The number of aromatic nitrogens is 2. The van der Waals surface area contributed by atoms with E-state index in [4.69, 9.17) is 4.74 Å². The SMILES string of the molecule is CCCC[C@@H]1CN(C(=O)c2ccc(Cn3nc(C)cc3C)cc2)C[C@H](C2CC2)O1. The molecular weight excluding hydrogens is 362 g/mol. The van der Waals surface area contributed by atoms with E-state index in [1.54, 1.807) is 0 Å². The molecule has 2 aromatic rings. The molecule has 2 atom stereocenters. The first-order chi connectivity index (χ1) is 14.0. The van der Waals surface area contributed by atoms with Gasteiger partial charge in [0.05, 0.1) is 24.4 Å². The number of ether oxygens (including phenoxy) is 1. The number of rotatable bonds is 7. The molecule has 0 N–H and O–H groups in total. The molecule has 1 aliphatic carbocycles. The molecule has 1 amide bonds. The summed E-state index contributed by atoms with van der Waals surface area (Å²) in [4.78, 5) is 15.2. The number of hydrogen-bond donors (Lipinski definition) is 0. The van der Waals surface area contributed by atoms with Gasteiger partial charge in [-0.25, -0.2) is 0 Å². The third-order valence-corrected chi connectivity index (χ3v) is 6.14. The molecule has 5 nitrogen and oxygen atoms in total. The Morgan fingerprint density at radius 1 is 1.17 bits per heavy atom. The summed E-state index contributed by atoms with van der Waals surface area (Å²) in [5.74, 6) is 0.788. The number of benzene rings is 1. The molecule has 4 rings (SSSR count). The van der Waals surface area contributed by atoms with Gasteiger partial charge in [-0.05, 0) is 62.8 Å². The monoisotopic (exact) mass is 395 g/mol. The van der Waals surface area contributed by atoms with Crippen LogP contribution in [0.5, 0.6) is 0 Å². The average molecular weight is 396 g/mol. The second kappa shape index (κ2) is 8.70. The van der Waals surface area contributed by atoms with Crippen molar-refractivity contribution in [2.24, 2.45) is 5.92 Å². The molecule has 2 aliphatic rings. The third-order valence-electron chi connectivity index (χ3n) is 6.14. The Bertz CT molecular complexity index is 838. The maximum absolute atomic E-state index is 13.2. The van der Waals surface area contributed by atoms with Crippen LogP contribution in [0.1, 0.15) is 66.3 Å². The zero-order chi connectivity index (χ0) is 20.4. The number of aryl methyl sites for hydroxylation is 2. The smallest absolute Gasteiger partial charge is 0.254 e. The number of unbranched alkanes of at least 4 members (excludes halogenated alkanes) is 1. The van der Waals surface area contributed by atoms with E-state index < -0.39 is 0 Å². The van der Waals surface area contributed by atoms with Crippen molar-refractivity contribution >= 4 is 5.91 Å². The summed E-state index contributed by atoms with van der Waals surface area (Å²) in [6, 6.07) is 10.1. The summed E-state index contributed by atoms with van der Waals surface area (Å²) in [5, 5.41) is 4.53. The minimum absolute atomic E-state index is 0.137. The highest BCUT2D eigenvalue weighted by Gasteiger charge is 2.39. The van der Waals surface area contributed by atoms with Crippen LogP contribution in [0.2, 0.25) is 0 Å². The lowest BCUT2D eigenvalue weighted by atomic mass is 10.0. The normalized spacial score (nSPS) is 22.1. The molecule has 0 bridgehead atoms. The van der Waals surface area contributed by atoms with Crippen LogP contribution in [0.25, 0.3) is 0 Å². The predicted molar refractivity (Wildman–Crippen MR) is 114 cm³/mol. The zero-order valence-corrected chi connectivity index (χ0v) is 17.9. The Morgan fingerprint density at radius 2 is 1.93 bits per heavy atom. The number of hydrogen-bond acceptors (Lipinski definition) is 3. The van der Waals surface area contributed by atoms with E-state index in [2.05, 4.69) is 37.1 Å². The van der Waals surface area contributed by atoms with Gasteiger partial charge in [-0.3, -0.25) is 9.48 Å². The Balaban J connectivity index is 1.42. The van der Waals surface area contributed by atoms with E-state index in [1.165, 1.54) is 19.3 Å². The fraction of sp³-hybridized carbons (Fsp3) is 0.583. The van der Waals surface area contributed by atoms with Crippen molar-refractivity contribution in [1.82, 2.24) is 14.7 Å². The molecule has 1 saturated carbocycles. The van der Waals surface area contributed by atoms with E-state index in [9.17, 15) is 4.79 Å². The molecule has 5 heteroatoms. The van der Waals surface area contributed by atoms with Gasteiger partial charge in [-0.15, -0.1) is 0 Å². The largest absolute Gasteiger partial charge is 0.371 e. The minimum Gasteiger partial charge on any atom is -0.371 e. The summed E-state index contributed by atoms with van der Waals surface area (Å²) in [7, 11) is 0. The van der Waals surface area contributed by atoms with Crippen LogP contribution in [0.4, 0.5) is 0 Å². The quantitative estimate of drug-likeness (QED) is 0.700. The number of morpholine rings is 1. The van der Waals surface area contributed by atoms with Gasteiger partial charge in [0.1, 0.15) is 0 Å². The number of carbonyl (C=O) groups is 1. The van der Waals surface area contributed by atoms with Crippen molar-refractivity contribution < 1.29 is 9.53 Å². The molecule has 1 aliphatic heterocycles. The predicted octanol–water partition coefficient (Wildman–Crippen LogP) is 4.36. The van der Waals surface area contributed by atoms with Crippen molar-refractivity contribution in [3.05, 3.63) is 52.8 Å². The molecule has 0 radical (unpaired) electrons. The van der Waals surface area contributed by atoms with Crippen LogP contribution in [0.3, 0.4) is 0 Å². The fourth-order valence-corrected chi connectivity index (χ4v) is 4.30.